The van der Waals surface area contributed by atoms with Gasteiger partial charge in [0.1, 0.15) is 5.82 Å². The van der Waals surface area contributed by atoms with E-state index in [0.717, 1.165) is 11.6 Å². The second-order valence-electron chi connectivity index (χ2n) is 4.00. The molecule has 1 atom stereocenters. The van der Waals surface area contributed by atoms with E-state index in [2.05, 4.69) is 12.2 Å². The molecule has 1 aromatic rings. The van der Waals surface area contributed by atoms with Crippen LogP contribution in [0.15, 0.2) is 18.2 Å². The van der Waals surface area contributed by atoms with Gasteiger partial charge in [-0.25, -0.2) is 4.39 Å². The van der Waals surface area contributed by atoms with Crippen molar-refractivity contribution in [2.75, 3.05) is 11.1 Å². The quantitative estimate of drug-likeness (QED) is 0.726. The molecule has 14 heavy (non-hydrogen) atoms. The maximum absolute atomic E-state index is 12.7. The van der Waals surface area contributed by atoms with Crippen LogP contribution in [0, 0.1) is 11.7 Å². The Balaban J connectivity index is 2.07. The summed E-state index contributed by atoms with van der Waals surface area (Å²) in [6, 6.07) is 4.91. The second-order valence-corrected chi connectivity index (χ2v) is 4.00. The van der Waals surface area contributed by atoms with Gasteiger partial charge in [0, 0.05) is 6.04 Å². The first-order chi connectivity index (χ1) is 6.66. The molecule has 0 aliphatic heterocycles. The average molecular weight is 194 g/mol. The van der Waals surface area contributed by atoms with E-state index < -0.39 is 0 Å². The summed E-state index contributed by atoms with van der Waals surface area (Å²) >= 11 is 0. The van der Waals surface area contributed by atoms with Crippen LogP contribution < -0.4 is 11.1 Å². The van der Waals surface area contributed by atoms with E-state index >= 15 is 0 Å². The van der Waals surface area contributed by atoms with E-state index in [-0.39, 0.29) is 5.82 Å². The van der Waals surface area contributed by atoms with Crippen molar-refractivity contribution in [3.05, 3.63) is 24.0 Å². The Bertz CT molecular complexity index is 334. The number of hydrogen-bond donors (Lipinski definition) is 2. The molecule has 2 nitrogen and oxygen atoms in total. The van der Waals surface area contributed by atoms with Crippen LogP contribution in [0.3, 0.4) is 0 Å². The Morgan fingerprint density at radius 2 is 2.21 bits per heavy atom. The Hall–Kier alpha value is -1.25. The number of nitrogens with one attached hydrogen (secondary N) is 1. The fourth-order valence-electron chi connectivity index (χ4n) is 1.62. The van der Waals surface area contributed by atoms with Gasteiger partial charge in [0.25, 0.3) is 0 Å². The highest BCUT2D eigenvalue weighted by atomic mass is 19.1. The van der Waals surface area contributed by atoms with Crippen LogP contribution in [-0.4, -0.2) is 6.04 Å². The van der Waals surface area contributed by atoms with Gasteiger partial charge in [-0.1, -0.05) is 0 Å². The maximum atomic E-state index is 12.7. The predicted molar refractivity (Wildman–Crippen MR) is 56.6 cm³/mol. The number of halogens is 1. The third-order valence-corrected chi connectivity index (χ3v) is 2.73. The molecule has 0 heterocycles. The highest BCUT2D eigenvalue weighted by Gasteiger charge is 2.27. The molecule has 3 heteroatoms. The molecule has 1 aliphatic rings. The topological polar surface area (TPSA) is 38.0 Å². The molecular weight excluding hydrogens is 179 g/mol. The molecule has 1 aliphatic carbocycles. The molecular formula is C11H15FN2. The van der Waals surface area contributed by atoms with E-state index in [1.165, 1.54) is 25.0 Å². The molecule has 2 rings (SSSR count). The van der Waals surface area contributed by atoms with Crippen LogP contribution in [0.25, 0.3) is 0 Å². The van der Waals surface area contributed by atoms with E-state index in [9.17, 15) is 4.39 Å². The summed E-state index contributed by atoms with van der Waals surface area (Å²) in [5, 5.41) is 3.31. The number of nitrogen functional groups attached to an aromatic ring is 1. The minimum atomic E-state index is -0.285. The van der Waals surface area contributed by atoms with Crippen molar-refractivity contribution in [3.8, 4) is 0 Å². The van der Waals surface area contributed by atoms with E-state index in [4.69, 9.17) is 5.73 Å². The van der Waals surface area contributed by atoms with Gasteiger partial charge < -0.3 is 11.1 Å². The summed E-state index contributed by atoms with van der Waals surface area (Å²) in [6.07, 6.45) is 2.57. The summed E-state index contributed by atoms with van der Waals surface area (Å²) in [7, 11) is 0. The van der Waals surface area contributed by atoms with E-state index in [1.54, 1.807) is 6.07 Å². The molecule has 76 valence electrons. The molecule has 0 aromatic heterocycles. The highest BCUT2D eigenvalue weighted by molar-refractivity contribution is 5.66. The highest BCUT2D eigenvalue weighted by Crippen LogP contribution is 2.34. The van der Waals surface area contributed by atoms with Crippen molar-refractivity contribution < 1.29 is 4.39 Å². The number of rotatable bonds is 3. The van der Waals surface area contributed by atoms with Gasteiger partial charge in [-0.2, -0.15) is 0 Å². The van der Waals surface area contributed by atoms with Crippen molar-refractivity contribution in [1.29, 1.82) is 0 Å². The van der Waals surface area contributed by atoms with Crippen LogP contribution in [0.2, 0.25) is 0 Å². The lowest BCUT2D eigenvalue weighted by molar-refractivity contribution is 0.628. The minimum Gasteiger partial charge on any atom is -0.397 e. The van der Waals surface area contributed by atoms with Crippen LogP contribution in [0.1, 0.15) is 19.8 Å². The van der Waals surface area contributed by atoms with Crippen molar-refractivity contribution in [1.82, 2.24) is 0 Å². The van der Waals surface area contributed by atoms with Crippen LogP contribution in [-0.2, 0) is 0 Å². The third kappa shape index (κ3) is 1.97. The summed E-state index contributed by atoms with van der Waals surface area (Å²) in [5.41, 5.74) is 7.01. The van der Waals surface area contributed by atoms with Crippen molar-refractivity contribution in [2.24, 2.45) is 5.92 Å². The van der Waals surface area contributed by atoms with Gasteiger partial charge in [0.2, 0.25) is 0 Å². The molecule has 1 fully saturated rings. The fraction of sp³-hybridized carbons (Fsp3) is 0.455. The summed E-state index contributed by atoms with van der Waals surface area (Å²) in [5.74, 6) is 0.478. The molecule has 1 aromatic carbocycles. The largest absolute Gasteiger partial charge is 0.397 e. The van der Waals surface area contributed by atoms with Gasteiger partial charge >= 0.3 is 0 Å². The van der Waals surface area contributed by atoms with Crippen molar-refractivity contribution >= 4 is 11.4 Å². The lowest BCUT2D eigenvalue weighted by Gasteiger charge is -2.15. The first kappa shape index (κ1) is 9.31. The zero-order chi connectivity index (χ0) is 10.1. The number of nitrogens with two attached hydrogens (primary N) is 1. The second kappa shape index (κ2) is 3.48. The zero-order valence-corrected chi connectivity index (χ0v) is 8.26. The van der Waals surface area contributed by atoms with Crippen LogP contribution >= 0.6 is 0 Å². The smallest absolute Gasteiger partial charge is 0.125 e. The van der Waals surface area contributed by atoms with Gasteiger partial charge in [-0.3, -0.25) is 0 Å². The lowest BCUT2D eigenvalue weighted by Crippen LogP contribution is -2.18. The average Bonchev–Trinajstić information content (AvgIpc) is 2.92. The van der Waals surface area contributed by atoms with Crippen molar-refractivity contribution in [3.63, 3.8) is 0 Å². The fourth-order valence-corrected chi connectivity index (χ4v) is 1.62. The summed E-state index contributed by atoms with van der Waals surface area (Å²) in [4.78, 5) is 0. The first-order valence-electron chi connectivity index (χ1n) is 4.98. The molecule has 3 N–H and O–H groups in total. The predicted octanol–water partition coefficient (Wildman–Crippen LogP) is 2.62. The first-order valence-corrected chi connectivity index (χ1v) is 4.98. The summed E-state index contributed by atoms with van der Waals surface area (Å²) in [6.45, 7) is 2.14. The van der Waals surface area contributed by atoms with Gasteiger partial charge in [-0.15, -0.1) is 0 Å². The van der Waals surface area contributed by atoms with Gasteiger partial charge in [-0.05, 0) is 43.9 Å². The lowest BCUT2D eigenvalue weighted by atomic mass is 10.2. The van der Waals surface area contributed by atoms with Gasteiger partial charge in [0.15, 0.2) is 0 Å². The van der Waals surface area contributed by atoms with Crippen molar-refractivity contribution in [2.45, 2.75) is 25.8 Å². The molecule has 0 radical (unpaired) electrons. The Morgan fingerprint density at radius 3 is 2.79 bits per heavy atom. The van der Waals surface area contributed by atoms with Gasteiger partial charge in [0.05, 0.1) is 11.4 Å². The third-order valence-electron chi connectivity index (χ3n) is 2.73. The van der Waals surface area contributed by atoms with Crippen LogP contribution in [0.5, 0.6) is 0 Å². The molecule has 0 amide bonds. The standard InChI is InChI=1S/C11H15FN2/c1-7(8-2-3-8)14-11-5-4-9(12)6-10(11)13/h4-8,14H,2-3,13H2,1H3. The molecule has 0 saturated heterocycles. The SMILES string of the molecule is CC(Nc1ccc(F)cc1N)C1CC1. The molecule has 1 saturated carbocycles. The molecule has 1 unspecified atom stereocenters. The number of anilines is 2. The Kier molecular flexibility index (Phi) is 2.32. The normalized spacial score (nSPS) is 17.9. The number of hydrogen-bond acceptors (Lipinski definition) is 2. The molecule has 0 spiro atoms. The minimum absolute atomic E-state index is 0.285. The number of benzene rings is 1. The Morgan fingerprint density at radius 1 is 1.50 bits per heavy atom. The Labute approximate surface area is 83.3 Å². The zero-order valence-electron chi connectivity index (χ0n) is 8.26. The molecule has 0 bridgehead atoms. The monoisotopic (exact) mass is 194 g/mol. The maximum Gasteiger partial charge on any atom is 0.125 e. The van der Waals surface area contributed by atoms with Crippen LogP contribution in [0.4, 0.5) is 15.8 Å². The van der Waals surface area contributed by atoms with E-state index in [0.29, 0.717) is 11.7 Å². The van der Waals surface area contributed by atoms with E-state index in [1.807, 2.05) is 0 Å². The summed E-state index contributed by atoms with van der Waals surface area (Å²) < 4.78 is 12.7.